The Morgan fingerprint density at radius 1 is 1.00 bits per heavy atom. The second-order valence-corrected chi connectivity index (χ2v) is 10.3. The molecule has 2 heterocycles. The Balaban J connectivity index is 1.50. The van der Waals surface area contributed by atoms with E-state index in [4.69, 9.17) is 0 Å². The number of nitrogens with one attached hydrogen (secondary N) is 1. The van der Waals surface area contributed by atoms with E-state index >= 15 is 0 Å². The number of nitrogens with zero attached hydrogens (tertiary/aromatic N) is 2. The molecule has 2 aromatic heterocycles. The van der Waals surface area contributed by atoms with Crippen molar-refractivity contribution >= 4 is 28.1 Å². The number of hydrogen-bond donors (Lipinski definition) is 1. The lowest BCUT2D eigenvalue weighted by Crippen LogP contribution is -2.38. The Morgan fingerprint density at radius 2 is 1.77 bits per heavy atom. The molecule has 1 unspecified atom stereocenters. The molecular weight excluding hydrogens is 457 g/mol. The number of amides is 1. The lowest BCUT2D eigenvalue weighted by atomic mass is 9.71. The summed E-state index contributed by atoms with van der Waals surface area (Å²) in [5.41, 5.74) is 3.83. The molecule has 6 heteroatoms. The number of benzene rings is 3. The lowest BCUT2D eigenvalue weighted by molar-refractivity contribution is 0.0937. The van der Waals surface area contributed by atoms with Gasteiger partial charge in [-0.15, -0.1) is 11.3 Å². The maximum Gasteiger partial charge on any atom is 0.261 e. The van der Waals surface area contributed by atoms with Crippen molar-refractivity contribution in [3.8, 4) is 5.69 Å². The molecule has 0 spiro atoms. The van der Waals surface area contributed by atoms with Crippen molar-refractivity contribution in [2.24, 2.45) is 5.41 Å². The topological polar surface area (TPSA) is 46.9 Å². The molecule has 5 aromatic rings. The van der Waals surface area contributed by atoms with E-state index in [0.29, 0.717) is 11.4 Å². The van der Waals surface area contributed by atoms with Gasteiger partial charge in [0.1, 0.15) is 5.82 Å². The van der Waals surface area contributed by atoms with Crippen LogP contribution in [0.1, 0.15) is 40.6 Å². The molecule has 0 bridgehead atoms. The molecule has 0 fully saturated rings. The first-order valence-electron chi connectivity index (χ1n) is 11.5. The Labute approximate surface area is 208 Å². The zero-order valence-electron chi connectivity index (χ0n) is 19.6. The number of carbonyl (C=O) groups is 1. The first-order chi connectivity index (χ1) is 16.9. The van der Waals surface area contributed by atoms with E-state index in [1.165, 1.54) is 29.0 Å². The van der Waals surface area contributed by atoms with Crippen LogP contribution in [0.25, 0.3) is 16.6 Å². The first-order valence-corrected chi connectivity index (χ1v) is 12.4. The van der Waals surface area contributed by atoms with Crippen molar-refractivity contribution in [1.82, 2.24) is 15.1 Å². The van der Waals surface area contributed by atoms with Crippen LogP contribution in [0.5, 0.6) is 0 Å². The molecule has 0 aliphatic heterocycles. The van der Waals surface area contributed by atoms with Gasteiger partial charge in [0.25, 0.3) is 5.91 Å². The van der Waals surface area contributed by atoms with Gasteiger partial charge in [0, 0.05) is 17.8 Å². The molecule has 5 rings (SSSR count). The summed E-state index contributed by atoms with van der Waals surface area (Å²) >= 11 is 1.44. The summed E-state index contributed by atoms with van der Waals surface area (Å²) in [4.78, 5) is 13.4. The van der Waals surface area contributed by atoms with Crippen LogP contribution in [0, 0.1) is 11.2 Å². The van der Waals surface area contributed by atoms with Gasteiger partial charge in [0.05, 0.1) is 22.3 Å². The van der Waals surface area contributed by atoms with Crippen LogP contribution in [0.15, 0.2) is 96.5 Å². The standard InChI is InChI=1S/C29H26FN3OS/c1-29(2,19-31-28(34)26-9-6-16-35-26)27(20-7-4-3-5-8-20)21-10-15-25-22(17-21)18-32-33(25)24-13-11-23(30)12-14-24/h3-18,27H,19H2,1-2H3,(H,31,34). The van der Waals surface area contributed by atoms with Crippen molar-refractivity contribution in [2.75, 3.05) is 6.54 Å². The maximum absolute atomic E-state index is 13.4. The van der Waals surface area contributed by atoms with E-state index in [2.05, 4.69) is 54.6 Å². The van der Waals surface area contributed by atoms with E-state index in [1.807, 2.05) is 46.6 Å². The van der Waals surface area contributed by atoms with Crippen molar-refractivity contribution in [2.45, 2.75) is 19.8 Å². The monoisotopic (exact) mass is 483 g/mol. The highest BCUT2D eigenvalue weighted by Gasteiger charge is 2.33. The molecule has 0 aliphatic rings. The highest BCUT2D eigenvalue weighted by Crippen LogP contribution is 2.41. The molecule has 3 aromatic carbocycles. The second-order valence-electron chi connectivity index (χ2n) is 9.34. The fraction of sp³-hybridized carbons (Fsp3) is 0.172. The van der Waals surface area contributed by atoms with Gasteiger partial charge in [-0.05, 0) is 64.4 Å². The summed E-state index contributed by atoms with van der Waals surface area (Å²) < 4.78 is 15.2. The highest BCUT2D eigenvalue weighted by atomic mass is 32.1. The SMILES string of the molecule is CC(C)(CNC(=O)c1cccs1)C(c1ccccc1)c1ccc2c(cnn2-c2ccc(F)cc2)c1. The summed E-state index contributed by atoms with van der Waals surface area (Å²) in [6, 6.07) is 26.8. The lowest BCUT2D eigenvalue weighted by Gasteiger charge is -2.35. The maximum atomic E-state index is 13.4. The third kappa shape index (κ3) is 4.75. The molecule has 0 aliphatic carbocycles. The van der Waals surface area contributed by atoms with Crippen LogP contribution in [0.4, 0.5) is 4.39 Å². The molecule has 1 atom stereocenters. The minimum Gasteiger partial charge on any atom is -0.351 e. The van der Waals surface area contributed by atoms with Gasteiger partial charge in [0.15, 0.2) is 0 Å². The van der Waals surface area contributed by atoms with Crippen molar-refractivity contribution in [3.63, 3.8) is 0 Å². The van der Waals surface area contributed by atoms with Gasteiger partial charge >= 0.3 is 0 Å². The Hall–Kier alpha value is -3.77. The summed E-state index contributed by atoms with van der Waals surface area (Å²) in [6.45, 7) is 4.90. The van der Waals surface area contributed by atoms with E-state index in [-0.39, 0.29) is 23.1 Å². The van der Waals surface area contributed by atoms with Crippen LogP contribution in [0.2, 0.25) is 0 Å². The molecule has 35 heavy (non-hydrogen) atoms. The van der Waals surface area contributed by atoms with Crippen LogP contribution in [0.3, 0.4) is 0 Å². The summed E-state index contributed by atoms with van der Waals surface area (Å²) in [6.07, 6.45) is 1.84. The number of carbonyl (C=O) groups excluding carboxylic acids is 1. The fourth-order valence-corrected chi connectivity index (χ4v) is 5.30. The van der Waals surface area contributed by atoms with Gasteiger partial charge in [-0.2, -0.15) is 5.10 Å². The largest absolute Gasteiger partial charge is 0.351 e. The number of fused-ring (bicyclic) bond motifs is 1. The van der Waals surface area contributed by atoms with Crippen molar-refractivity contribution in [1.29, 1.82) is 0 Å². The Bertz CT molecular complexity index is 1440. The normalized spacial score (nSPS) is 12.5. The molecule has 0 saturated heterocycles. The van der Waals surface area contributed by atoms with Gasteiger partial charge < -0.3 is 5.32 Å². The molecule has 0 radical (unpaired) electrons. The van der Waals surface area contributed by atoms with E-state index < -0.39 is 0 Å². The predicted molar refractivity (Wildman–Crippen MR) is 140 cm³/mol. The van der Waals surface area contributed by atoms with E-state index in [0.717, 1.165) is 22.2 Å². The Kier molecular flexibility index (Phi) is 6.22. The molecule has 4 nitrogen and oxygen atoms in total. The molecule has 1 amide bonds. The van der Waals surface area contributed by atoms with Crippen LogP contribution >= 0.6 is 11.3 Å². The number of halogens is 1. The Morgan fingerprint density at radius 3 is 2.49 bits per heavy atom. The first kappa shape index (κ1) is 23.0. The quantitative estimate of drug-likeness (QED) is 0.276. The van der Waals surface area contributed by atoms with E-state index in [1.54, 1.807) is 12.1 Å². The van der Waals surface area contributed by atoms with Crippen LogP contribution in [-0.2, 0) is 0 Å². The van der Waals surface area contributed by atoms with Crippen molar-refractivity contribution < 1.29 is 9.18 Å². The highest BCUT2D eigenvalue weighted by molar-refractivity contribution is 7.12. The number of rotatable bonds is 7. The molecule has 176 valence electrons. The zero-order chi connectivity index (χ0) is 24.4. The molecular formula is C29H26FN3OS. The number of aromatic nitrogens is 2. The predicted octanol–water partition coefficient (Wildman–Crippen LogP) is 6.81. The average Bonchev–Trinajstić information content (AvgIpc) is 3.54. The minimum atomic E-state index is -0.272. The fourth-order valence-electron chi connectivity index (χ4n) is 4.66. The molecule has 1 N–H and O–H groups in total. The zero-order valence-corrected chi connectivity index (χ0v) is 20.4. The second kappa shape index (κ2) is 9.47. The third-order valence-corrected chi connectivity index (χ3v) is 7.23. The van der Waals surface area contributed by atoms with Crippen LogP contribution in [-0.4, -0.2) is 22.2 Å². The van der Waals surface area contributed by atoms with Gasteiger partial charge in [0.2, 0.25) is 0 Å². The van der Waals surface area contributed by atoms with Gasteiger partial charge in [-0.3, -0.25) is 4.79 Å². The van der Waals surface area contributed by atoms with Gasteiger partial charge in [-0.1, -0.05) is 56.3 Å². The van der Waals surface area contributed by atoms with Gasteiger partial charge in [-0.25, -0.2) is 9.07 Å². The summed E-state index contributed by atoms with van der Waals surface area (Å²) in [5, 5.41) is 10.6. The average molecular weight is 484 g/mol. The summed E-state index contributed by atoms with van der Waals surface area (Å²) in [5.74, 6) is -0.270. The van der Waals surface area contributed by atoms with Crippen LogP contribution < -0.4 is 5.32 Å². The number of thiophene rings is 1. The smallest absolute Gasteiger partial charge is 0.261 e. The molecule has 0 saturated carbocycles. The minimum absolute atomic E-state index is 0.0455. The summed E-state index contributed by atoms with van der Waals surface area (Å²) in [7, 11) is 0. The third-order valence-electron chi connectivity index (χ3n) is 6.36. The number of hydrogen-bond acceptors (Lipinski definition) is 3. The van der Waals surface area contributed by atoms with E-state index in [9.17, 15) is 9.18 Å². The van der Waals surface area contributed by atoms with Crippen molar-refractivity contribution in [3.05, 3.63) is 118 Å².